The molecule has 3 rings (SSSR count). The molecule has 0 aromatic heterocycles. The maximum absolute atomic E-state index is 13.1. The number of halogens is 2. The van der Waals surface area contributed by atoms with Crippen LogP contribution in [0.1, 0.15) is 0 Å². The summed E-state index contributed by atoms with van der Waals surface area (Å²) >= 11 is 3.28. The van der Waals surface area contributed by atoms with E-state index in [-0.39, 0.29) is 11.5 Å². The predicted octanol–water partition coefficient (Wildman–Crippen LogP) is 4.43. The number of carbonyl (C=O) groups excluding carboxylic acids is 1. The van der Waals surface area contributed by atoms with Crippen LogP contribution in [0.15, 0.2) is 82.2 Å². The van der Waals surface area contributed by atoms with E-state index in [0.29, 0.717) is 17.1 Å². The summed E-state index contributed by atoms with van der Waals surface area (Å²) in [5, 5.41) is 2.53. The zero-order valence-electron chi connectivity index (χ0n) is 15.9. The molecule has 0 atom stereocenters. The molecule has 9 heteroatoms. The van der Waals surface area contributed by atoms with Gasteiger partial charge in [-0.1, -0.05) is 22.0 Å². The first-order valence-electron chi connectivity index (χ1n) is 8.78. The molecule has 0 unspecified atom stereocenters. The van der Waals surface area contributed by atoms with E-state index in [1.807, 2.05) is 0 Å². The molecule has 30 heavy (non-hydrogen) atoms. The Balaban J connectivity index is 1.61. The summed E-state index contributed by atoms with van der Waals surface area (Å²) in [6.07, 6.45) is 0. The lowest BCUT2D eigenvalue weighted by atomic mass is 10.3. The van der Waals surface area contributed by atoms with Gasteiger partial charge in [0.2, 0.25) is 0 Å². The average Bonchev–Trinajstić information content (AvgIpc) is 2.72. The van der Waals surface area contributed by atoms with Crippen LogP contribution in [0, 0.1) is 5.82 Å². The van der Waals surface area contributed by atoms with Crippen molar-refractivity contribution >= 4 is 43.2 Å². The summed E-state index contributed by atoms with van der Waals surface area (Å²) in [7, 11) is -2.25. The van der Waals surface area contributed by atoms with Crippen LogP contribution < -0.4 is 14.4 Å². The van der Waals surface area contributed by atoms with Crippen LogP contribution in [0.3, 0.4) is 0 Å². The number of benzene rings is 3. The van der Waals surface area contributed by atoms with Crippen molar-refractivity contribution in [3.63, 3.8) is 0 Å². The lowest BCUT2D eigenvalue weighted by Gasteiger charge is -2.20. The molecule has 1 N–H and O–H groups in total. The Bertz CT molecular complexity index is 1140. The number of carbonyl (C=O) groups is 1. The molecule has 0 spiro atoms. The normalized spacial score (nSPS) is 11.0. The van der Waals surface area contributed by atoms with Crippen molar-refractivity contribution in [2.24, 2.45) is 0 Å². The molecule has 3 aromatic carbocycles. The summed E-state index contributed by atoms with van der Waals surface area (Å²) in [5.74, 6) is -0.506. The molecule has 0 heterocycles. The fourth-order valence-electron chi connectivity index (χ4n) is 2.57. The van der Waals surface area contributed by atoms with Crippen LogP contribution >= 0.6 is 15.9 Å². The van der Waals surface area contributed by atoms with Crippen molar-refractivity contribution in [1.29, 1.82) is 0 Å². The van der Waals surface area contributed by atoms with Gasteiger partial charge >= 0.3 is 0 Å². The first-order valence-corrected chi connectivity index (χ1v) is 11.0. The molecular weight excluding hydrogens is 475 g/mol. The van der Waals surface area contributed by atoms with Gasteiger partial charge in [-0.3, -0.25) is 9.10 Å². The highest BCUT2D eigenvalue weighted by atomic mass is 79.9. The molecule has 156 valence electrons. The minimum absolute atomic E-state index is 0.169. The highest BCUT2D eigenvalue weighted by Crippen LogP contribution is 2.25. The number of nitrogens with one attached hydrogen (secondary N) is 1. The topological polar surface area (TPSA) is 75.7 Å². The van der Waals surface area contributed by atoms with Crippen LogP contribution in [-0.4, -0.2) is 28.0 Å². The summed E-state index contributed by atoms with van der Waals surface area (Å²) in [5.41, 5.74) is 0.771. The Morgan fingerprint density at radius 1 is 1.07 bits per heavy atom. The lowest BCUT2D eigenvalue weighted by Crippen LogP contribution is -2.26. The first-order chi connectivity index (χ1) is 14.3. The SMILES string of the molecule is CN(c1ccc(OCC(=O)Nc2cccc(F)c2)cc1)S(=O)(=O)c1ccc(Br)cc1. The van der Waals surface area contributed by atoms with E-state index in [1.54, 1.807) is 42.5 Å². The summed E-state index contributed by atoms with van der Waals surface area (Å²) in [6, 6.07) is 18.2. The molecule has 6 nitrogen and oxygen atoms in total. The van der Waals surface area contributed by atoms with Gasteiger partial charge in [-0.25, -0.2) is 12.8 Å². The number of rotatable bonds is 7. The summed E-state index contributed by atoms with van der Waals surface area (Å²) in [4.78, 5) is 12.1. The van der Waals surface area contributed by atoms with Crippen LogP contribution in [0.5, 0.6) is 5.75 Å². The second-order valence-corrected chi connectivity index (χ2v) is 9.15. The van der Waals surface area contributed by atoms with Gasteiger partial charge in [-0.2, -0.15) is 0 Å². The molecule has 3 aromatic rings. The quantitative estimate of drug-likeness (QED) is 0.529. The second kappa shape index (κ2) is 9.27. The summed E-state index contributed by atoms with van der Waals surface area (Å²) < 4.78 is 46.0. The molecular formula is C21H18BrFN2O4S. The molecule has 0 saturated heterocycles. The van der Waals surface area contributed by atoms with E-state index in [9.17, 15) is 17.6 Å². The van der Waals surface area contributed by atoms with Gasteiger partial charge in [0.25, 0.3) is 15.9 Å². The minimum atomic E-state index is -3.71. The van der Waals surface area contributed by atoms with Crippen LogP contribution in [0.25, 0.3) is 0 Å². The number of sulfonamides is 1. The number of ether oxygens (including phenoxy) is 1. The summed E-state index contributed by atoms with van der Waals surface area (Å²) in [6.45, 7) is -0.275. The smallest absolute Gasteiger partial charge is 0.264 e. The van der Waals surface area contributed by atoms with Gasteiger partial charge < -0.3 is 10.1 Å². The highest BCUT2D eigenvalue weighted by Gasteiger charge is 2.21. The van der Waals surface area contributed by atoms with Crippen molar-refractivity contribution in [3.8, 4) is 5.75 Å². The Labute approximate surface area is 182 Å². The zero-order chi connectivity index (χ0) is 21.7. The van der Waals surface area contributed by atoms with Gasteiger partial charge in [0.15, 0.2) is 6.61 Å². The Hall–Kier alpha value is -2.91. The number of amides is 1. The lowest BCUT2D eigenvalue weighted by molar-refractivity contribution is -0.118. The zero-order valence-corrected chi connectivity index (χ0v) is 18.3. The molecule has 1 amide bonds. The molecule has 0 aliphatic heterocycles. The molecule has 0 fully saturated rings. The Kier molecular flexibility index (Phi) is 6.73. The van der Waals surface area contributed by atoms with E-state index in [1.165, 1.54) is 37.4 Å². The van der Waals surface area contributed by atoms with Gasteiger partial charge in [-0.15, -0.1) is 0 Å². The fraction of sp³-hybridized carbons (Fsp3) is 0.0952. The van der Waals surface area contributed by atoms with Crippen LogP contribution in [0.2, 0.25) is 0 Å². The van der Waals surface area contributed by atoms with Gasteiger partial charge in [0.1, 0.15) is 11.6 Å². The largest absolute Gasteiger partial charge is 0.484 e. The number of hydrogen-bond acceptors (Lipinski definition) is 4. The van der Waals surface area contributed by atoms with E-state index in [0.717, 1.165) is 8.78 Å². The third kappa shape index (κ3) is 5.37. The molecule has 0 radical (unpaired) electrons. The van der Waals surface area contributed by atoms with Crippen molar-refractivity contribution in [1.82, 2.24) is 0 Å². The van der Waals surface area contributed by atoms with E-state index in [4.69, 9.17) is 4.74 Å². The number of hydrogen-bond donors (Lipinski definition) is 1. The van der Waals surface area contributed by atoms with Gasteiger partial charge in [0.05, 0.1) is 10.6 Å². The molecule has 0 aliphatic carbocycles. The van der Waals surface area contributed by atoms with E-state index in [2.05, 4.69) is 21.2 Å². The standard InChI is InChI=1S/C21H18BrFN2O4S/c1-25(30(27,28)20-11-5-15(22)6-12-20)18-7-9-19(10-8-18)29-14-21(26)24-17-4-2-3-16(23)13-17/h2-13H,14H2,1H3,(H,24,26). The second-order valence-electron chi connectivity index (χ2n) is 6.27. The maximum Gasteiger partial charge on any atom is 0.264 e. The van der Waals surface area contributed by atoms with Crippen molar-refractivity contribution in [2.45, 2.75) is 4.90 Å². The third-order valence-electron chi connectivity index (χ3n) is 4.15. The van der Waals surface area contributed by atoms with Crippen LogP contribution in [-0.2, 0) is 14.8 Å². The first kappa shape index (κ1) is 21.8. The maximum atomic E-state index is 13.1. The third-order valence-corrected chi connectivity index (χ3v) is 6.48. The predicted molar refractivity (Wildman–Crippen MR) is 117 cm³/mol. The van der Waals surface area contributed by atoms with Crippen molar-refractivity contribution in [3.05, 3.63) is 83.1 Å². The average molecular weight is 493 g/mol. The van der Waals surface area contributed by atoms with Crippen molar-refractivity contribution < 1.29 is 22.3 Å². The van der Waals surface area contributed by atoms with E-state index >= 15 is 0 Å². The van der Waals surface area contributed by atoms with Crippen LogP contribution in [0.4, 0.5) is 15.8 Å². The molecule has 0 aliphatic rings. The number of anilines is 2. The van der Waals surface area contributed by atoms with Gasteiger partial charge in [-0.05, 0) is 66.7 Å². The Morgan fingerprint density at radius 2 is 1.73 bits per heavy atom. The molecule has 0 bridgehead atoms. The highest BCUT2D eigenvalue weighted by molar-refractivity contribution is 9.10. The fourth-order valence-corrected chi connectivity index (χ4v) is 4.03. The van der Waals surface area contributed by atoms with Crippen molar-refractivity contribution in [2.75, 3.05) is 23.3 Å². The number of nitrogens with zero attached hydrogens (tertiary/aromatic N) is 1. The minimum Gasteiger partial charge on any atom is -0.484 e. The van der Waals surface area contributed by atoms with E-state index < -0.39 is 21.7 Å². The Morgan fingerprint density at radius 3 is 2.37 bits per heavy atom. The van der Waals surface area contributed by atoms with Gasteiger partial charge in [0, 0.05) is 17.2 Å². The molecule has 0 saturated carbocycles. The monoisotopic (exact) mass is 492 g/mol.